The summed E-state index contributed by atoms with van der Waals surface area (Å²) < 4.78 is 0. The van der Waals surface area contributed by atoms with Gasteiger partial charge in [-0.25, -0.2) is 0 Å². The van der Waals surface area contributed by atoms with Crippen LogP contribution in [0.2, 0.25) is 0 Å². The number of benzene rings is 1. The summed E-state index contributed by atoms with van der Waals surface area (Å²) in [7, 11) is 0. The van der Waals surface area contributed by atoms with E-state index in [1.807, 2.05) is 0 Å². The van der Waals surface area contributed by atoms with Crippen molar-refractivity contribution in [2.75, 3.05) is 0 Å². The van der Waals surface area contributed by atoms with Crippen molar-refractivity contribution in [1.29, 1.82) is 0 Å². The van der Waals surface area contributed by atoms with Gasteiger partial charge in [-0.15, -0.1) is 0 Å². The Morgan fingerprint density at radius 1 is 1.00 bits per heavy atom. The molecule has 4 saturated carbocycles. The molecule has 3 atom stereocenters. The average molecular weight is 239 g/mol. The van der Waals surface area contributed by atoms with Crippen LogP contribution in [0.5, 0.6) is 0 Å². The van der Waals surface area contributed by atoms with Crippen molar-refractivity contribution in [3.8, 4) is 0 Å². The molecule has 5 aliphatic rings. The number of hydrogen-bond acceptors (Lipinski definition) is 1. The van der Waals surface area contributed by atoms with Crippen LogP contribution in [0.4, 0.5) is 0 Å². The van der Waals surface area contributed by atoms with E-state index < -0.39 is 0 Å². The molecule has 1 spiro atoms. The van der Waals surface area contributed by atoms with Gasteiger partial charge in [0.2, 0.25) is 0 Å². The smallest absolute Gasteiger partial charge is 0.0211 e. The Morgan fingerprint density at radius 3 is 2.61 bits per heavy atom. The molecule has 1 heteroatoms. The Morgan fingerprint density at radius 2 is 1.78 bits per heavy atom. The van der Waals surface area contributed by atoms with Crippen LogP contribution in [0.1, 0.15) is 43.2 Å². The second kappa shape index (κ2) is 3.19. The predicted molar refractivity (Wildman–Crippen MR) is 72.3 cm³/mol. The molecule has 1 N–H and O–H groups in total. The van der Waals surface area contributed by atoms with E-state index in [9.17, 15) is 0 Å². The molecule has 94 valence electrons. The Hall–Kier alpha value is -0.820. The van der Waals surface area contributed by atoms with Crippen LogP contribution >= 0.6 is 0 Å². The summed E-state index contributed by atoms with van der Waals surface area (Å²) in [4.78, 5) is 0. The van der Waals surface area contributed by atoms with Gasteiger partial charge < -0.3 is 5.32 Å². The molecule has 4 aliphatic carbocycles. The largest absolute Gasteiger partial charge is 0.309 e. The predicted octanol–water partition coefficient (Wildman–Crippen LogP) is 3.24. The molecule has 0 amide bonds. The quantitative estimate of drug-likeness (QED) is 0.733. The topological polar surface area (TPSA) is 12.0 Å². The molecule has 1 heterocycles. The fraction of sp³-hybridized carbons (Fsp3) is 0.647. The fourth-order valence-corrected chi connectivity index (χ4v) is 6.17. The van der Waals surface area contributed by atoms with E-state index in [0.717, 1.165) is 30.3 Å². The Balaban J connectivity index is 1.72. The summed E-state index contributed by atoms with van der Waals surface area (Å²) in [5.41, 5.74) is 3.81. The molecule has 4 bridgehead atoms. The van der Waals surface area contributed by atoms with Gasteiger partial charge in [0, 0.05) is 18.0 Å². The highest BCUT2D eigenvalue weighted by Gasteiger charge is 2.58. The highest BCUT2D eigenvalue weighted by atomic mass is 15.0. The normalized spacial score (nSPS) is 47.8. The lowest BCUT2D eigenvalue weighted by Crippen LogP contribution is -2.65. The molecule has 4 fully saturated rings. The van der Waals surface area contributed by atoms with Crippen LogP contribution in [0.25, 0.3) is 0 Å². The van der Waals surface area contributed by atoms with Gasteiger partial charge in [-0.2, -0.15) is 0 Å². The summed E-state index contributed by atoms with van der Waals surface area (Å²) >= 11 is 0. The van der Waals surface area contributed by atoms with Crippen LogP contribution in [-0.4, -0.2) is 6.04 Å². The zero-order valence-corrected chi connectivity index (χ0v) is 10.9. The summed E-state index contributed by atoms with van der Waals surface area (Å²) in [6.07, 6.45) is 7.49. The minimum absolute atomic E-state index is 0.517. The maximum Gasteiger partial charge on any atom is 0.0211 e. The van der Waals surface area contributed by atoms with Gasteiger partial charge in [0.05, 0.1) is 0 Å². The minimum Gasteiger partial charge on any atom is -0.309 e. The third-order valence-electron chi connectivity index (χ3n) is 6.38. The van der Waals surface area contributed by atoms with Crippen LogP contribution in [0.3, 0.4) is 0 Å². The van der Waals surface area contributed by atoms with Gasteiger partial charge in [0.15, 0.2) is 0 Å². The van der Waals surface area contributed by atoms with Crippen molar-refractivity contribution >= 4 is 0 Å². The highest BCUT2D eigenvalue weighted by Crippen LogP contribution is 2.62. The highest BCUT2D eigenvalue weighted by molar-refractivity contribution is 5.41. The monoisotopic (exact) mass is 239 g/mol. The lowest BCUT2D eigenvalue weighted by atomic mass is 9.44. The first-order valence-electron chi connectivity index (χ1n) is 7.67. The van der Waals surface area contributed by atoms with E-state index >= 15 is 0 Å². The second-order valence-electron chi connectivity index (χ2n) is 7.28. The molecule has 0 saturated heterocycles. The van der Waals surface area contributed by atoms with Crippen LogP contribution in [-0.2, 0) is 12.0 Å². The number of hydrogen-bond donors (Lipinski definition) is 1. The zero-order chi connectivity index (χ0) is 11.7. The lowest BCUT2D eigenvalue weighted by Gasteiger charge is -2.63. The minimum atomic E-state index is 0.517. The van der Waals surface area contributed by atoms with Crippen LogP contribution < -0.4 is 5.32 Å². The van der Waals surface area contributed by atoms with E-state index in [2.05, 4.69) is 29.6 Å². The molecule has 18 heavy (non-hydrogen) atoms. The summed E-state index contributed by atoms with van der Waals surface area (Å²) in [6.45, 7) is 1.11. The Kier molecular flexibility index (Phi) is 1.78. The zero-order valence-electron chi connectivity index (χ0n) is 10.9. The molecule has 1 aliphatic heterocycles. The van der Waals surface area contributed by atoms with Gasteiger partial charge in [0.1, 0.15) is 0 Å². The average Bonchev–Trinajstić information content (AvgIpc) is 2.37. The van der Waals surface area contributed by atoms with E-state index in [-0.39, 0.29) is 0 Å². The number of fused-ring (bicyclic) bond motifs is 1. The van der Waals surface area contributed by atoms with Crippen LogP contribution in [0, 0.1) is 17.8 Å². The molecular weight excluding hydrogens is 218 g/mol. The third-order valence-corrected chi connectivity index (χ3v) is 6.38. The maximum atomic E-state index is 3.91. The molecule has 1 aromatic carbocycles. The summed E-state index contributed by atoms with van der Waals surface area (Å²) in [5.74, 6) is 3.04. The number of rotatable bonds is 0. The van der Waals surface area contributed by atoms with E-state index in [0.29, 0.717) is 5.41 Å². The molecule has 6 rings (SSSR count). The van der Waals surface area contributed by atoms with Gasteiger partial charge in [0.25, 0.3) is 0 Å². The first-order chi connectivity index (χ1) is 8.85. The molecule has 1 aromatic rings. The first kappa shape index (κ1) is 10.0. The van der Waals surface area contributed by atoms with Gasteiger partial charge in [-0.05, 0) is 61.0 Å². The SMILES string of the molecule is c1ccc2c(c1)CNC1C3CC4CC(C3)CC21C4. The Bertz CT molecular complexity index is 492. The summed E-state index contributed by atoms with van der Waals surface area (Å²) in [6, 6.07) is 10.1. The molecule has 3 unspecified atom stereocenters. The van der Waals surface area contributed by atoms with Gasteiger partial charge >= 0.3 is 0 Å². The van der Waals surface area contributed by atoms with Crippen molar-refractivity contribution in [1.82, 2.24) is 5.32 Å². The van der Waals surface area contributed by atoms with Gasteiger partial charge in [-0.3, -0.25) is 0 Å². The molecule has 0 aromatic heterocycles. The Labute approximate surface area is 109 Å². The van der Waals surface area contributed by atoms with E-state index in [4.69, 9.17) is 0 Å². The standard InChI is InChI=1S/C17H21N/c1-2-4-15-13(3-1)10-18-16-14-6-11-5-12(7-14)9-17(15,16)8-11/h1-4,11-12,14,16,18H,5-10H2. The van der Waals surface area contributed by atoms with Crippen LogP contribution in [0.15, 0.2) is 24.3 Å². The van der Waals surface area contributed by atoms with Gasteiger partial charge in [-0.1, -0.05) is 24.3 Å². The molecular formula is C17H21N. The number of nitrogens with one attached hydrogen (secondary N) is 1. The summed E-state index contributed by atoms with van der Waals surface area (Å²) in [5, 5.41) is 3.91. The molecule has 0 radical (unpaired) electrons. The van der Waals surface area contributed by atoms with Crippen molar-refractivity contribution in [2.24, 2.45) is 17.8 Å². The van der Waals surface area contributed by atoms with Crippen molar-refractivity contribution in [3.05, 3.63) is 35.4 Å². The van der Waals surface area contributed by atoms with Crippen molar-refractivity contribution < 1.29 is 0 Å². The van der Waals surface area contributed by atoms with E-state index in [1.165, 1.54) is 32.1 Å². The third kappa shape index (κ3) is 1.08. The molecule has 1 nitrogen and oxygen atoms in total. The second-order valence-corrected chi connectivity index (χ2v) is 7.28. The lowest BCUT2D eigenvalue weighted by molar-refractivity contribution is -0.0444. The first-order valence-corrected chi connectivity index (χ1v) is 7.67. The van der Waals surface area contributed by atoms with Crippen molar-refractivity contribution in [3.63, 3.8) is 0 Å². The maximum absolute atomic E-state index is 3.91. The van der Waals surface area contributed by atoms with E-state index in [1.54, 1.807) is 11.1 Å². The fourth-order valence-electron chi connectivity index (χ4n) is 6.17. The van der Waals surface area contributed by atoms with Crippen molar-refractivity contribution in [2.45, 2.75) is 50.1 Å².